The third kappa shape index (κ3) is 3.63. The van der Waals surface area contributed by atoms with Gasteiger partial charge >= 0.3 is 6.18 Å². The highest BCUT2D eigenvalue weighted by Crippen LogP contribution is 2.38. The van der Waals surface area contributed by atoms with Gasteiger partial charge in [0.2, 0.25) is 5.91 Å². The Bertz CT molecular complexity index is 418. The molecule has 0 unspecified atom stereocenters. The smallest absolute Gasteiger partial charge is 0.324 e. The van der Waals surface area contributed by atoms with Crippen LogP contribution in [0.5, 0.6) is 0 Å². The first-order valence-corrected chi connectivity index (χ1v) is 5.39. The van der Waals surface area contributed by atoms with Crippen LogP contribution >= 0.6 is 11.6 Å². The van der Waals surface area contributed by atoms with Gasteiger partial charge in [-0.15, -0.1) is 0 Å². The molecule has 1 N–H and O–H groups in total. The molecule has 1 amide bonds. The third-order valence-corrected chi connectivity index (χ3v) is 2.38. The molecule has 1 aromatic rings. The molecule has 0 heterocycles. The summed E-state index contributed by atoms with van der Waals surface area (Å²) in [7, 11) is 0. The van der Waals surface area contributed by atoms with Gasteiger partial charge in [0.15, 0.2) is 0 Å². The Labute approximate surface area is 102 Å². The van der Waals surface area contributed by atoms with Crippen LogP contribution in [0.25, 0.3) is 0 Å². The van der Waals surface area contributed by atoms with E-state index in [0.29, 0.717) is 6.42 Å². The Hall–Kier alpha value is -1.23. The standard InChI is InChI=1S/C11H11ClF3NO/c1-2-4-9(17)16-10-7(11(13,14)15)5-3-6-8(10)12/h3,5-6H,2,4H2,1H3,(H,16,17). The number of amides is 1. The molecule has 0 aliphatic carbocycles. The van der Waals surface area contributed by atoms with Crippen molar-refractivity contribution in [3.05, 3.63) is 28.8 Å². The zero-order valence-electron chi connectivity index (χ0n) is 9.07. The van der Waals surface area contributed by atoms with E-state index in [4.69, 9.17) is 11.6 Å². The van der Waals surface area contributed by atoms with Gasteiger partial charge in [0.05, 0.1) is 16.3 Å². The Morgan fingerprint density at radius 1 is 1.41 bits per heavy atom. The molecule has 2 nitrogen and oxygen atoms in total. The van der Waals surface area contributed by atoms with Crippen LogP contribution in [0.4, 0.5) is 18.9 Å². The minimum atomic E-state index is -4.54. The van der Waals surface area contributed by atoms with Crippen molar-refractivity contribution in [2.45, 2.75) is 25.9 Å². The highest BCUT2D eigenvalue weighted by atomic mass is 35.5. The maximum Gasteiger partial charge on any atom is 0.418 e. The van der Waals surface area contributed by atoms with Gasteiger partial charge in [-0.1, -0.05) is 24.6 Å². The lowest BCUT2D eigenvalue weighted by Crippen LogP contribution is -2.16. The summed E-state index contributed by atoms with van der Waals surface area (Å²) in [6, 6.07) is 3.38. The molecular formula is C11H11ClF3NO. The second-order valence-corrected chi connectivity index (χ2v) is 3.87. The molecule has 1 aromatic carbocycles. The Kier molecular flexibility index (Phi) is 4.40. The lowest BCUT2D eigenvalue weighted by Gasteiger charge is -2.14. The van der Waals surface area contributed by atoms with Gasteiger partial charge in [-0.25, -0.2) is 0 Å². The average Bonchev–Trinajstić information content (AvgIpc) is 2.19. The maximum atomic E-state index is 12.7. The number of anilines is 1. The van der Waals surface area contributed by atoms with Crippen molar-refractivity contribution < 1.29 is 18.0 Å². The number of nitrogens with one attached hydrogen (secondary N) is 1. The topological polar surface area (TPSA) is 29.1 Å². The lowest BCUT2D eigenvalue weighted by molar-refractivity contribution is -0.137. The van der Waals surface area contributed by atoms with Crippen LogP contribution in [0, 0.1) is 0 Å². The number of rotatable bonds is 3. The predicted octanol–water partition coefficient (Wildman–Crippen LogP) is 4.10. The van der Waals surface area contributed by atoms with Crippen molar-refractivity contribution in [1.82, 2.24) is 0 Å². The summed E-state index contributed by atoms with van der Waals surface area (Å²) in [4.78, 5) is 11.3. The number of halogens is 4. The largest absolute Gasteiger partial charge is 0.418 e. The predicted molar refractivity (Wildman–Crippen MR) is 60.0 cm³/mol. The van der Waals surface area contributed by atoms with Gasteiger partial charge in [-0.3, -0.25) is 4.79 Å². The second-order valence-electron chi connectivity index (χ2n) is 3.46. The van der Waals surface area contributed by atoms with E-state index in [0.717, 1.165) is 6.07 Å². The number of alkyl halides is 3. The first-order valence-electron chi connectivity index (χ1n) is 5.01. The minimum Gasteiger partial charge on any atom is -0.324 e. The molecule has 0 atom stereocenters. The van der Waals surface area contributed by atoms with E-state index in [-0.39, 0.29) is 17.1 Å². The molecule has 6 heteroatoms. The summed E-state index contributed by atoms with van der Waals surface area (Å²) in [5, 5.41) is 2.07. The van der Waals surface area contributed by atoms with Gasteiger partial charge in [-0.05, 0) is 18.6 Å². The first-order chi connectivity index (χ1) is 7.86. The van der Waals surface area contributed by atoms with Gasteiger partial charge in [0.25, 0.3) is 0 Å². The fourth-order valence-corrected chi connectivity index (χ4v) is 1.54. The van der Waals surface area contributed by atoms with E-state index in [2.05, 4.69) is 5.32 Å². The molecule has 0 aliphatic rings. The van der Waals surface area contributed by atoms with Crippen LogP contribution in [0.15, 0.2) is 18.2 Å². The van der Waals surface area contributed by atoms with Crippen LogP contribution in [0.3, 0.4) is 0 Å². The summed E-state index contributed by atoms with van der Waals surface area (Å²) in [5.74, 6) is -0.480. The van der Waals surface area contributed by atoms with Gasteiger partial charge in [0.1, 0.15) is 0 Å². The number of hydrogen-bond donors (Lipinski definition) is 1. The first kappa shape index (κ1) is 13.8. The second kappa shape index (κ2) is 5.40. The van der Waals surface area contributed by atoms with E-state index in [1.54, 1.807) is 6.92 Å². The molecule has 0 aromatic heterocycles. The summed E-state index contributed by atoms with van der Waals surface area (Å²) >= 11 is 5.66. The number of carbonyl (C=O) groups is 1. The maximum absolute atomic E-state index is 12.7. The van der Waals surface area contributed by atoms with E-state index >= 15 is 0 Å². The molecule has 1 rings (SSSR count). The minimum absolute atomic E-state index is 0.121. The van der Waals surface area contributed by atoms with Crippen LogP contribution in [-0.4, -0.2) is 5.91 Å². The van der Waals surface area contributed by atoms with Gasteiger partial charge in [0, 0.05) is 6.42 Å². The van der Waals surface area contributed by atoms with Gasteiger partial charge < -0.3 is 5.32 Å². The van der Waals surface area contributed by atoms with Crippen molar-refractivity contribution in [2.75, 3.05) is 5.32 Å². The van der Waals surface area contributed by atoms with E-state index < -0.39 is 17.6 Å². The monoisotopic (exact) mass is 265 g/mol. The highest BCUT2D eigenvalue weighted by molar-refractivity contribution is 6.34. The summed E-state index contributed by atoms with van der Waals surface area (Å²) in [6.45, 7) is 1.76. The number of carbonyl (C=O) groups excluding carboxylic acids is 1. The quantitative estimate of drug-likeness (QED) is 0.876. The Morgan fingerprint density at radius 2 is 2.06 bits per heavy atom. The lowest BCUT2D eigenvalue weighted by atomic mass is 10.1. The van der Waals surface area contributed by atoms with Crippen molar-refractivity contribution in [2.24, 2.45) is 0 Å². The van der Waals surface area contributed by atoms with Crippen molar-refractivity contribution in [3.8, 4) is 0 Å². The van der Waals surface area contributed by atoms with E-state index in [9.17, 15) is 18.0 Å². The molecular weight excluding hydrogens is 255 g/mol. The molecule has 0 bridgehead atoms. The normalized spacial score (nSPS) is 11.4. The SMILES string of the molecule is CCCC(=O)Nc1c(Cl)cccc1C(F)(F)F. The zero-order chi connectivity index (χ0) is 13.1. The van der Waals surface area contributed by atoms with E-state index in [1.807, 2.05) is 0 Å². The number of hydrogen-bond acceptors (Lipinski definition) is 1. The zero-order valence-corrected chi connectivity index (χ0v) is 9.82. The summed E-state index contributed by atoms with van der Waals surface area (Å²) < 4.78 is 38.0. The van der Waals surface area contributed by atoms with Crippen molar-refractivity contribution in [3.63, 3.8) is 0 Å². The molecule has 0 saturated heterocycles. The summed E-state index contributed by atoms with van der Waals surface area (Å²) in [5.41, 5.74) is -1.31. The average molecular weight is 266 g/mol. The van der Waals surface area contributed by atoms with Crippen molar-refractivity contribution >= 4 is 23.2 Å². The van der Waals surface area contributed by atoms with Crippen LogP contribution < -0.4 is 5.32 Å². The van der Waals surface area contributed by atoms with Gasteiger partial charge in [-0.2, -0.15) is 13.2 Å². The Balaban J connectivity index is 3.09. The van der Waals surface area contributed by atoms with Crippen LogP contribution in [-0.2, 0) is 11.0 Å². The number of para-hydroxylation sites is 1. The fraction of sp³-hybridized carbons (Fsp3) is 0.364. The van der Waals surface area contributed by atoms with Crippen LogP contribution in [0.1, 0.15) is 25.3 Å². The fourth-order valence-electron chi connectivity index (χ4n) is 1.32. The molecule has 0 spiro atoms. The molecule has 0 saturated carbocycles. The number of benzene rings is 1. The molecule has 94 valence electrons. The molecule has 17 heavy (non-hydrogen) atoms. The van der Waals surface area contributed by atoms with Crippen molar-refractivity contribution in [1.29, 1.82) is 0 Å². The van der Waals surface area contributed by atoms with Crippen LogP contribution in [0.2, 0.25) is 5.02 Å². The van der Waals surface area contributed by atoms with E-state index in [1.165, 1.54) is 12.1 Å². The highest BCUT2D eigenvalue weighted by Gasteiger charge is 2.34. The molecule has 0 radical (unpaired) electrons. The summed E-state index contributed by atoms with van der Waals surface area (Å²) in [6.07, 6.45) is -3.83. The molecule has 0 fully saturated rings. The third-order valence-electron chi connectivity index (χ3n) is 2.06. The Morgan fingerprint density at radius 3 is 2.59 bits per heavy atom. The molecule has 0 aliphatic heterocycles.